The monoisotopic (exact) mass is 551 g/mol. The summed E-state index contributed by atoms with van der Waals surface area (Å²) in [5.41, 5.74) is 3.34. The molecular formula is C32H33N5O4. The normalized spacial score (nSPS) is 12.2. The minimum absolute atomic E-state index is 0.201. The van der Waals surface area contributed by atoms with Crippen molar-refractivity contribution in [3.63, 3.8) is 0 Å². The van der Waals surface area contributed by atoms with E-state index in [1.807, 2.05) is 60.9 Å². The Labute approximate surface area is 238 Å². The molecule has 0 saturated carbocycles. The number of aromatic amines is 1. The third kappa shape index (κ3) is 7.39. The number of pyridine rings is 2. The Balaban J connectivity index is 1.29. The first kappa shape index (κ1) is 27.6. The predicted molar refractivity (Wildman–Crippen MR) is 159 cm³/mol. The van der Waals surface area contributed by atoms with E-state index in [-0.39, 0.29) is 25.1 Å². The van der Waals surface area contributed by atoms with E-state index in [4.69, 9.17) is 9.47 Å². The number of ether oxygens (including phenoxy) is 2. The molecule has 0 aliphatic carbocycles. The zero-order chi connectivity index (χ0) is 28.8. The zero-order valence-electron chi connectivity index (χ0n) is 23.3. The molecule has 41 heavy (non-hydrogen) atoms. The number of nitrogens with zero attached hydrogens (tertiary/aromatic N) is 2. The van der Waals surface area contributed by atoms with Crippen molar-refractivity contribution in [2.24, 2.45) is 0 Å². The van der Waals surface area contributed by atoms with Crippen LogP contribution in [-0.2, 0) is 16.0 Å². The molecule has 0 radical (unpaired) electrons. The van der Waals surface area contributed by atoms with Crippen molar-refractivity contribution in [2.45, 2.75) is 38.8 Å². The molecule has 0 aliphatic rings. The molecule has 0 bridgehead atoms. The quantitative estimate of drug-likeness (QED) is 0.226. The molecule has 9 nitrogen and oxygen atoms in total. The molecule has 0 aliphatic heterocycles. The highest BCUT2D eigenvalue weighted by Gasteiger charge is 2.20. The molecule has 210 valence electrons. The Hall–Kier alpha value is -4.92. The van der Waals surface area contributed by atoms with Gasteiger partial charge in [-0.05, 0) is 68.0 Å². The van der Waals surface area contributed by atoms with E-state index < -0.39 is 11.7 Å². The number of alkyl carbamates (subject to hydrolysis) is 1. The summed E-state index contributed by atoms with van der Waals surface area (Å²) in [6.07, 6.45) is 8.88. The number of para-hydroxylation sites is 1. The van der Waals surface area contributed by atoms with Crippen LogP contribution in [0, 0.1) is 0 Å². The van der Waals surface area contributed by atoms with Gasteiger partial charge in [0.05, 0.1) is 12.2 Å². The van der Waals surface area contributed by atoms with Crippen LogP contribution in [0.5, 0.6) is 5.75 Å². The van der Waals surface area contributed by atoms with E-state index in [0.29, 0.717) is 12.2 Å². The maximum atomic E-state index is 12.8. The lowest BCUT2D eigenvalue weighted by Gasteiger charge is -2.21. The van der Waals surface area contributed by atoms with Crippen molar-refractivity contribution in [3.05, 3.63) is 91.1 Å². The molecule has 2 amide bonds. The summed E-state index contributed by atoms with van der Waals surface area (Å²) in [6.45, 7) is 5.29. The van der Waals surface area contributed by atoms with Crippen LogP contribution in [0.1, 0.15) is 26.3 Å². The maximum Gasteiger partial charge on any atom is 0.408 e. The van der Waals surface area contributed by atoms with Crippen LogP contribution in [0.15, 0.2) is 85.6 Å². The number of H-pyrrole nitrogens is 1. The van der Waals surface area contributed by atoms with E-state index in [0.717, 1.165) is 38.4 Å². The molecule has 3 N–H and O–H groups in total. The van der Waals surface area contributed by atoms with Crippen molar-refractivity contribution in [1.82, 2.24) is 25.6 Å². The lowest BCUT2D eigenvalue weighted by Crippen LogP contribution is -2.46. The first-order valence-corrected chi connectivity index (χ1v) is 13.5. The zero-order valence-corrected chi connectivity index (χ0v) is 23.3. The first-order valence-electron chi connectivity index (χ1n) is 13.5. The van der Waals surface area contributed by atoms with E-state index in [1.165, 1.54) is 0 Å². The van der Waals surface area contributed by atoms with Gasteiger partial charge in [-0.1, -0.05) is 30.3 Å². The third-order valence-corrected chi connectivity index (χ3v) is 6.44. The Bertz CT molecular complexity index is 1670. The minimum Gasteiger partial charge on any atom is -0.490 e. The van der Waals surface area contributed by atoms with Gasteiger partial charge in [0.1, 0.15) is 24.5 Å². The van der Waals surface area contributed by atoms with E-state index in [1.54, 1.807) is 39.4 Å². The lowest BCUT2D eigenvalue weighted by molar-refractivity contribution is -0.121. The van der Waals surface area contributed by atoms with Gasteiger partial charge in [-0.25, -0.2) is 4.79 Å². The van der Waals surface area contributed by atoms with Crippen molar-refractivity contribution in [3.8, 4) is 16.9 Å². The average molecular weight is 552 g/mol. The number of amides is 2. The fourth-order valence-electron chi connectivity index (χ4n) is 4.58. The Kier molecular flexibility index (Phi) is 8.14. The van der Waals surface area contributed by atoms with Gasteiger partial charge in [0.2, 0.25) is 5.91 Å². The molecule has 3 aromatic heterocycles. The van der Waals surface area contributed by atoms with Crippen molar-refractivity contribution in [1.29, 1.82) is 0 Å². The lowest BCUT2D eigenvalue weighted by atomic mass is 10.0. The fourth-order valence-corrected chi connectivity index (χ4v) is 4.58. The molecule has 0 unspecified atom stereocenters. The second-order valence-corrected chi connectivity index (χ2v) is 10.8. The summed E-state index contributed by atoms with van der Waals surface area (Å²) in [5.74, 6) is 0.240. The number of benzene rings is 2. The smallest absolute Gasteiger partial charge is 0.408 e. The number of nitrogens with one attached hydrogen (secondary N) is 3. The number of hydrogen-bond donors (Lipinski definition) is 3. The van der Waals surface area contributed by atoms with Gasteiger partial charge in [-0.15, -0.1) is 0 Å². The molecule has 5 aromatic rings. The standard InChI is InChI=1S/C32H33N5O4/c1-32(2,3)41-31(39)36-19-30(38)37-26(13-25-17-35-29-7-5-4-6-28(25)29)20-40-27-14-24(16-34-18-27)21-8-9-23-15-33-11-10-22(23)12-21/h4-12,14-18,26,35H,13,19-20H2,1-3H3,(H,36,39)(H,37,38)/t26-/m0/s1. The predicted octanol–water partition coefficient (Wildman–Crippen LogP) is 5.41. The molecule has 0 fully saturated rings. The van der Waals surface area contributed by atoms with Gasteiger partial charge >= 0.3 is 6.09 Å². The Morgan fingerprint density at radius 3 is 2.66 bits per heavy atom. The van der Waals surface area contributed by atoms with Crippen LogP contribution < -0.4 is 15.4 Å². The summed E-state index contributed by atoms with van der Waals surface area (Å²) in [4.78, 5) is 36.7. The van der Waals surface area contributed by atoms with E-state index >= 15 is 0 Å². The number of carbonyl (C=O) groups excluding carboxylic acids is 2. The van der Waals surface area contributed by atoms with Crippen molar-refractivity contribution in [2.75, 3.05) is 13.2 Å². The molecule has 9 heteroatoms. The van der Waals surface area contributed by atoms with Crippen molar-refractivity contribution < 1.29 is 19.1 Å². The highest BCUT2D eigenvalue weighted by atomic mass is 16.6. The highest BCUT2D eigenvalue weighted by molar-refractivity contribution is 5.87. The van der Waals surface area contributed by atoms with Gasteiger partial charge < -0.3 is 25.1 Å². The average Bonchev–Trinajstić information content (AvgIpc) is 3.36. The Morgan fingerprint density at radius 1 is 0.951 bits per heavy atom. The number of aromatic nitrogens is 3. The van der Waals surface area contributed by atoms with Gasteiger partial charge in [0, 0.05) is 46.6 Å². The topological polar surface area (TPSA) is 118 Å². The second kappa shape index (κ2) is 12.1. The van der Waals surface area contributed by atoms with Gasteiger partial charge in [0.15, 0.2) is 0 Å². The molecule has 3 heterocycles. The molecule has 0 spiro atoms. The number of fused-ring (bicyclic) bond motifs is 2. The van der Waals surface area contributed by atoms with E-state index in [9.17, 15) is 9.59 Å². The van der Waals surface area contributed by atoms with Gasteiger partial charge in [0.25, 0.3) is 0 Å². The summed E-state index contributed by atoms with van der Waals surface area (Å²) in [7, 11) is 0. The summed E-state index contributed by atoms with van der Waals surface area (Å²) in [5, 5.41) is 8.74. The third-order valence-electron chi connectivity index (χ3n) is 6.44. The molecule has 1 atom stereocenters. The first-order chi connectivity index (χ1) is 19.7. The molecule has 5 rings (SSSR count). The number of hydrogen-bond acceptors (Lipinski definition) is 6. The largest absolute Gasteiger partial charge is 0.490 e. The van der Waals surface area contributed by atoms with Crippen LogP contribution in [0.2, 0.25) is 0 Å². The number of carbonyl (C=O) groups is 2. The Morgan fingerprint density at radius 2 is 1.80 bits per heavy atom. The highest BCUT2D eigenvalue weighted by Crippen LogP contribution is 2.26. The van der Waals surface area contributed by atoms with Crippen LogP contribution in [0.3, 0.4) is 0 Å². The fraction of sp³-hybridized carbons (Fsp3) is 0.250. The van der Waals surface area contributed by atoms with Crippen LogP contribution in [-0.4, -0.2) is 51.7 Å². The second-order valence-electron chi connectivity index (χ2n) is 10.8. The summed E-state index contributed by atoms with van der Waals surface area (Å²) >= 11 is 0. The van der Waals surface area contributed by atoms with Crippen LogP contribution in [0.25, 0.3) is 32.8 Å². The van der Waals surface area contributed by atoms with Crippen molar-refractivity contribution >= 4 is 33.7 Å². The molecule has 2 aromatic carbocycles. The summed E-state index contributed by atoms with van der Waals surface area (Å²) in [6, 6.07) is 17.7. The SMILES string of the molecule is CC(C)(C)OC(=O)NCC(=O)N[C@H](COc1cncc(-c2ccc3cnccc3c2)c1)Cc1c[nH]c2ccccc12. The van der Waals surface area contributed by atoms with Gasteiger partial charge in [-0.2, -0.15) is 0 Å². The summed E-state index contributed by atoms with van der Waals surface area (Å²) < 4.78 is 11.4. The maximum absolute atomic E-state index is 12.8. The van der Waals surface area contributed by atoms with Crippen LogP contribution >= 0.6 is 0 Å². The minimum atomic E-state index is -0.654. The molecular weight excluding hydrogens is 518 g/mol. The van der Waals surface area contributed by atoms with E-state index in [2.05, 4.69) is 31.7 Å². The van der Waals surface area contributed by atoms with Gasteiger partial charge in [-0.3, -0.25) is 14.8 Å². The van der Waals surface area contributed by atoms with Crippen LogP contribution in [0.4, 0.5) is 4.79 Å². The number of rotatable bonds is 9. The molecule has 0 saturated heterocycles.